The van der Waals surface area contributed by atoms with Crippen molar-refractivity contribution in [3.8, 4) is 0 Å². The van der Waals surface area contributed by atoms with Crippen molar-refractivity contribution in [2.75, 3.05) is 7.11 Å². The summed E-state index contributed by atoms with van der Waals surface area (Å²) in [4.78, 5) is 20.9. The minimum Gasteiger partial charge on any atom is -0.468 e. The van der Waals surface area contributed by atoms with Gasteiger partial charge in [-0.2, -0.15) is 9.11 Å². The van der Waals surface area contributed by atoms with Crippen LogP contribution in [0.2, 0.25) is 0 Å². The Morgan fingerprint density at radius 3 is 2.57 bits per heavy atom. The van der Waals surface area contributed by atoms with E-state index in [0.29, 0.717) is 18.6 Å². The van der Waals surface area contributed by atoms with Crippen LogP contribution in [0, 0.1) is 21.8 Å². The molecule has 1 N–H and O–H groups in total. The number of benzene rings is 1. The SMILES string of the molecule is CC[C@H](C)[C@H](NS(=O)(=O)c1ccc(F)c([N+](=O)[O-])c1)C(=O)OC. The normalized spacial score (nSPS) is 14.1. The monoisotopic (exact) mass is 348 g/mol. The maximum Gasteiger partial charge on any atom is 0.324 e. The molecule has 0 saturated carbocycles. The minimum atomic E-state index is -4.26. The number of hydrogen-bond donors (Lipinski definition) is 1. The Kier molecular flexibility index (Phi) is 6.16. The maximum atomic E-state index is 13.3. The number of sulfonamides is 1. The summed E-state index contributed by atoms with van der Waals surface area (Å²) in [5.74, 6) is -2.30. The Hall–Kier alpha value is -2.07. The number of carbonyl (C=O) groups is 1. The molecule has 0 bridgehead atoms. The summed E-state index contributed by atoms with van der Waals surface area (Å²) in [6.45, 7) is 3.41. The fourth-order valence-corrected chi connectivity index (χ4v) is 3.11. The van der Waals surface area contributed by atoms with Crippen LogP contribution in [-0.2, 0) is 19.6 Å². The quantitative estimate of drug-likeness (QED) is 0.454. The number of esters is 1. The predicted molar refractivity (Wildman–Crippen MR) is 78.6 cm³/mol. The van der Waals surface area contributed by atoms with E-state index in [1.807, 2.05) is 0 Å². The highest BCUT2D eigenvalue weighted by Crippen LogP contribution is 2.22. The number of ether oxygens (including phenoxy) is 1. The summed E-state index contributed by atoms with van der Waals surface area (Å²) < 4.78 is 44.6. The number of methoxy groups -OCH3 is 1. The Morgan fingerprint density at radius 1 is 1.48 bits per heavy atom. The molecule has 0 aliphatic rings. The number of rotatable bonds is 7. The maximum absolute atomic E-state index is 13.3. The number of nitro groups is 1. The summed E-state index contributed by atoms with van der Waals surface area (Å²) in [6, 6.07) is 1.01. The fraction of sp³-hybridized carbons (Fsp3) is 0.462. The summed E-state index contributed by atoms with van der Waals surface area (Å²) in [7, 11) is -3.14. The molecule has 0 spiro atoms. The molecule has 0 amide bonds. The third-order valence-corrected chi connectivity index (χ3v) is 4.81. The van der Waals surface area contributed by atoms with Crippen molar-refractivity contribution in [2.45, 2.75) is 31.2 Å². The molecular weight excluding hydrogens is 331 g/mol. The molecule has 10 heteroatoms. The van der Waals surface area contributed by atoms with Crippen molar-refractivity contribution < 1.29 is 27.3 Å². The van der Waals surface area contributed by atoms with Crippen molar-refractivity contribution in [1.82, 2.24) is 4.72 Å². The molecule has 0 aromatic heterocycles. The summed E-state index contributed by atoms with van der Waals surface area (Å²) >= 11 is 0. The van der Waals surface area contributed by atoms with Crippen LogP contribution < -0.4 is 4.72 Å². The first kappa shape index (κ1) is 19.0. The topological polar surface area (TPSA) is 116 Å². The molecule has 0 aliphatic carbocycles. The van der Waals surface area contributed by atoms with E-state index >= 15 is 0 Å². The number of carbonyl (C=O) groups excluding carboxylic acids is 1. The molecule has 1 aromatic rings. The molecule has 128 valence electrons. The fourth-order valence-electron chi connectivity index (χ4n) is 1.79. The molecule has 0 radical (unpaired) electrons. The first-order valence-corrected chi connectivity index (χ1v) is 8.16. The molecule has 2 atom stereocenters. The van der Waals surface area contributed by atoms with E-state index in [4.69, 9.17) is 0 Å². The van der Waals surface area contributed by atoms with Crippen LogP contribution in [0.15, 0.2) is 23.1 Å². The van der Waals surface area contributed by atoms with Gasteiger partial charge in [-0.05, 0) is 18.1 Å². The second-order valence-electron chi connectivity index (χ2n) is 4.88. The third-order valence-electron chi connectivity index (χ3n) is 3.37. The lowest BCUT2D eigenvalue weighted by Crippen LogP contribution is -2.45. The second kappa shape index (κ2) is 7.47. The van der Waals surface area contributed by atoms with Gasteiger partial charge in [0, 0.05) is 6.07 Å². The van der Waals surface area contributed by atoms with Crippen molar-refractivity contribution >= 4 is 21.7 Å². The van der Waals surface area contributed by atoms with Gasteiger partial charge >= 0.3 is 11.7 Å². The molecular formula is C13H17FN2O6S. The van der Waals surface area contributed by atoms with Gasteiger partial charge in [0.25, 0.3) is 0 Å². The van der Waals surface area contributed by atoms with E-state index in [-0.39, 0.29) is 5.92 Å². The van der Waals surface area contributed by atoms with Gasteiger partial charge in [0.2, 0.25) is 15.8 Å². The average molecular weight is 348 g/mol. The lowest BCUT2D eigenvalue weighted by Gasteiger charge is -2.21. The van der Waals surface area contributed by atoms with Crippen LogP contribution >= 0.6 is 0 Å². The molecule has 0 aliphatic heterocycles. The van der Waals surface area contributed by atoms with Crippen LogP contribution in [0.4, 0.5) is 10.1 Å². The average Bonchev–Trinajstić information content (AvgIpc) is 2.51. The van der Waals surface area contributed by atoms with Crippen molar-refractivity contribution in [1.29, 1.82) is 0 Å². The van der Waals surface area contributed by atoms with E-state index < -0.39 is 43.4 Å². The number of halogens is 1. The van der Waals surface area contributed by atoms with Gasteiger partial charge in [0.1, 0.15) is 6.04 Å². The lowest BCUT2D eigenvalue weighted by molar-refractivity contribution is -0.387. The highest BCUT2D eigenvalue weighted by Gasteiger charge is 2.31. The standard InChI is InChI=1S/C13H17FN2O6S/c1-4-8(2)12(13(17)22-3)15-23(20,21)9-5-6-10(14)11(7-9)16(18)19/h5-8,12,15H,4H2,1-3H3/t8-,12-/m0/s1. The summed E-state index contributed by atoms with van der Waals surface area (Å²) in [5, 5.41) is 10.7. The Bertz CT molecular complexity index is 706. The lowest BCUT2D eigenvalue weighted by atomic mass is 10.0. The molecule has 8 nitrogen and oxygen atoms in total. The van der Waals surface area contributed by atoms with Crippen molar-refractivity contribution in [3.05, 3.63) is 34.1 Å². The van der Waals surface area contributed by atoms with E-state index in [2.05, 4.69) is 9.46 Å². The zero-order valence-electron chi connectivity index (χ0n) is 12.8. The van der Waals surface area contributed by atoms with E-state index in [1.165, 1.54) is 0 Å². The van der Waals surface area contributed by atoms with E-state index in [9.17, 15) is 27.7 Å². The Morgan fingerprint density at radius 2 is 2.09 bits per heavy atom. The van der Waals surface area contributed by atoms with Crippen LogP contribution in [0.3, 0.4) is 0 Å². The van der Waals surface area contributed by atoms with Crippen LogP contribution in [0.25, 0.3) is 0 Å². The molecule has 23 heavy (non-hydrogen) atoms. The van der Waals surface area contributed by atoms with Crippen molar-refractivity contribution in [2.24, 2.45) is 5.92 Å². The third kappa shape index (κ3) is 4.45. The van der Waals surface area contributed by atoms with Crippen molar-refractivity contribution in [3.63, 3.8) is 0 Å². The zero-order chi connectivity index (χ0) is 17.8. The van der Waals surface area contributed by atoms with Gasteiger partial charge in [-0.3, -0.25) is 14.9 Å². The molecule has 1 aromatic carbocycles. The van der Waals surface area contributed by atoms with E-state index in [1.54, 1.807) is 13.8 Å². The summed E-state index contributed by atoms with van der Waals surface area (Å²) in [5.41, 5.74) is -0.967. The molecule has 0 fully saturated rings. The minimum absolute atomic E-state index is 0.368. The zero-order valence-corrected chi connectivity index (χ0v) is 13.6. The number of nitrogens with zero attached hydrogens (tertiary/aromatic N) is 1. The van der Waals surface area contributed by atoms with Gasteiger partial charge in [0.05, 0.1) is 16.9 Å². The number of nitro benzene ring substituents is 1. The van der Waals surface area contributed by atoms with Crippen LogP contribution in [0.1, 0.15) is 20.3 Å². The van der Waals surface area contributed by atoms with Gasteiger partial charge in [-0.25, -0.2) is 8.42 Å². The molecule has 1 rings (SSSR count). The second-order valence-corrected chi connectivity index (χ2v) is 6.59. The van der Waals surface area contributed by atoms with Gasteiger partial charge in [-0.15, -0.1) is 0 Å². The summed E-state index contributed by atoms with van der Waals surface area (Å²) in [6.07, 6.45) is 0.492. The Labute approximate surface area is 132 Å². The molecule has 0 unspecified atom stereocenters. The highest BCUT2D eigenvalue weighted by atomic mass is 32.2. The first-order chi connectivity index (χ1) is 10.6. The largest absolute Gasteiger partial charge is 0.468 e. The first-order valence-electron chi connectivity index (χ1n) is 6.68. The molecule has 0 heterocycles. The van der Waals surface area contributed by atoms with Gasteiger partial charge < -0.3 is 4.74 Å². The number of hydrogen-bond acceptors (Lipinski definition) is 6. The van der Waals surface area contributed by atoms with Crippen LogP contribution in [-0.4, -0.2) is 32.5 Å². The van der Waals surface area contributed by atoms with Crippen LogP contribution in [0.5, 0.6) is 0 Å². The van der Waals surface area contributed by atoms with Gasteiger partial charge in [0.15, 0.2) is 0 Å². The number of nitrogens with one attached hydrogen (secondary N) is 1. The molecule has 0 saturated heterocycles. The van der Waals surface area contributed by atoms with Gasteiger partial charge in [-0.1, -0.05) is 20.3 Å². The highest BCUT2D eigenvalue weighted by molar-refractivity contribution is 7.89. The smallest absolute Gasteiger partial charge is 0.324 e. The Balaban J connectivity index is 3.22. The predicted octanol–water partition coefficient (Wildman–Crippen LogP) is 1.60. The van der Waals surface area contributed by atoms with E-state index in [0.717, 1.165) is 13.2 Å².